The average Bonchev–Trinajstić information content (AvgIpc) is 2.54. The lowest BCUT2D eigenvalue weighted by molar-refractivity contribution is -0.660. The van der Waals surface area contributed by atoms with Crippen LogP contribution in [-0.4, -0.2) is 4.98 Å². The van der Waals surface area contributed by atoms with E-state index >= 15 is 0 Å². The maximum atomic E-state index is 4.58. The Kier molecular flexibility index (Phi) is 3.12. The average molecular weight is 299 g/mol. The number of pyridine rings is 2. The number of hydrogen-bond acceptors (Lipinski definition) is 1. The zero-order valence-corrected chi connectivity index (χ0v) is 13.7. The third kappa shape index (κ3) is 2.27. The van der Waals surface area contributed by atoms with E-state index in [1.54, 1.807) is 0 Å². The Balaban J connectivity index is 2.07. The molecule has 0 fully saturated rings. The summed E-state index contributed by atoms with van der Waals surface area (Å²) in [4.78, 5) is 4.58. The second-order valence-electron chi connectivity index (χ2n) is 6.23. The van der Waals surface area contributed by atoms with E-state index in [0.29, 0.717) is 0 Å². The Hall–Kier alpha value is -2.74. The van der Waals surface area contributed by atoms with E-state index in [1.165, 1.54) is 38.5 Å². The summed E-state index contributed by atoms with van der Waals surface area (Å²) in [5.41, 5.74) is 6.09. The highest BCUT2D eigenvalue weighted by molar-refractivity contribution is 6.07. The molecule has 4 rings (SSSR count). The SMILES string of the molecule is Cc1ccc(-c2cc3c(cnc4ccccc43)cc2C)[n+](C)c1. The largest absolute Gasteiger partial charge is 0.256 e. The minimum atomic E-state index is 1.04. The molecule has 0 amide bonds. The fourth-order valence-corrected chi connectivity index (χ4v) is 3.33. The van der Waals surface area contributed by atoms with Crippen LogP contribution in [0, 0.1) is 13.8 Å². The van der Waals surface area contributed by atoms with Gasteiger partial charge < -0.3 is 0 Å². The van der Waals surface area contributed by atoms with Gasteiger partial charge in [0.2, 0.25) is 5.69 Å². The van der Waals surface area contributed by atoms with Gasteiger partial charge in [0, 0.05) is 34.2 Å². The fourth-order valence-electron chi connectivity index (χ4n) is 3.33. The summed E-state index contributed by atoms with van der Waals surface area (Å²) in [5.74, 6) is 0. The van der Waals surface area contributed by atoms with Gasteiger partial charge in [0.05, 0.1) is 5.52 Å². The number of aryl methyl sites for hydroxylation is 3. The van der Waals surface area contributed by atoms with Gasteiger partial charge in [0.25, 0.3) is 0 Å². The molecule has 2 heteroatoms. The molecule has 2 heterocycles. The smallest absolute Gasteiger partial charge is 0.212 e. The van der Waals surface area contributed by atoms with Crippen LogP contribution in [0.1, 0.15) is 11.1 Å². The van der Waals surface area contributed by atoms with Crippen LogP contribution in [0.4, 0.5) is 0 Å². The number of para-hydroxylation sites is 1. The van der Waals surface area contributed by atoms with E-state index in [0.717, 1.165) is 5.52 Å². The van der Waals surface area contributed by atoms with Crippen LogP contribution in [-0.2, 0) is 7.05 Å². The van der Waals surface area contributed by atoms with Gasteiger partial charge in [0.1, 0.15) is 7.05 Å². The molecule has 2 aromatic carbocycles. The zero-order valence-electron chi connectivity index (χ0n) is 13.7. The summed E-state index contributed by atoms with van der Waals surface area (Å²) in [6.45, 7) is 4.29. The number of aromatic nitrogens is 2. The van der Waals surface area contributed by atoms with Gasteiger partial charge >= 0.3 is 0 Å². The Morgan fingerprint density at radius 1 is 0.913 bits per heavy atom. The van der Waals surface area contributed by atoms with Crippen molar-refractivity contribution in [3.63, 3.8) is 0 Å². The lowest BCUT2D eigenvalue weighted by atomic mass is 9.97. The first kappa shape index (κ1) is 13.9. The first-order valence-electron chi connectivity index (χ1n) is 7.88. The minimum absolute atomic E-state index is 1.04. The van der Waals surface area contributed by atoms with E-state index in [-0.39, 0.29) is 0 Å². The molecular weight excluding hydrogens is 280 g/mol. The topological polar surface area (TPSA) is 16.8 Å². The molecule has 23 heavy (non-hydrogen) atoms. The molecule has 0 unspecified atom stereocenters. The first-order valence-corrected chi connectivity index (χ1v) is 7.88. The van der Waals surface area contributed by atoms with Gasteiger partial charge in [-0.1, -0.05) is 18.2 Å². The summed E-state index contributed by atoms with van der Waals surface area (Å²) >= 11 is 0. The lowest BCUT2D eigenvalue weighted by Crippen LogP contribution is -2.31. The van der Waals surface area contributed by atoms with Crippen molar-refractivity contribution in [1.82, 2.24) is 4.98 Å². The van der Waals surface area contributed by atoms with E-state index in [4.69, 9.17) is 0 Å². The standard InChI is InChI=1S/C21H19N2/c1-14-8-9-21(23(3)13-14)18-11-19-16(10-15(18)2)12-22-20-7-5-4-6-17(19)20/h4-13H,1-3H3/q+1. The van der Waals surface area contributed by atoms with Gasteiger partial charge in [-0.05, 0) is 49.1 Å². The maximum absolute atomic E-state index is 4.58. The molecule has 0 radical (unpaired) electrons. The summed E-state index contributed by atoms with van der Waals surface area (Å²) < 4.78 is 2.20. The Morgan fingerprint density at radius 3 is 2.57 bits per heavy atom. The molecular formula is C21H19N2+. The molecule has 0 aliphatic rings. The van der Waals surface area contributed by atoms with Crippen LogP contribution >= 0.6 is 0 Å². The van der Waals surface area contributed by atoms with Crippen LogP contribution in [0.5, 0.6) is 0 Å². The molecule has 0 aliphatic carbocycles. The molecule has 0 aliphatic heterocycles. The third-order valence-corrected chi connectivity index (χ3v) is 4.49. The molecule has 0 saturated heterocycles. The van der Waals surface area contributed by atoms with Gasteiger partial charge in [-0.2, -0.15) is 0 Å². The van der Waals surface area contributed by atoms with Gasteiger partial charge in [-0.15, -0.1) is 0 Å². The number of rotatable bonds is 1. The molecule has 2 aromatic heterocycles. The molecule has 0 spiro atoms. The molecule has 2 nitrogen and oxygen atoms in total. The van der Waals surface area contributed by atoms with E-state index in [9.17, 15) is 0 Å². The number of nitrogens with zero attached hydrogens (tertiary/aromatic N) is 2. The van der Waals surface area contributed by atoms with Crippen molar-refractivity contribution in [2.75, 3.05) is 0 Å². The van der Waals surface area contributed by atoms with Crippen molar-refractivity contribution in [3.8, 4) is 11.3 Å². The van der Waals surface area contributed by atoms with Gasteiger partial charge in [-0.25, -0.2) is 4.57 Å². The molecule has 0 bridgehead atoms. The zero-order chi connectivity index (χ0) is 16.0. The molecule has 112 valence electrons. The van der Waals surface area contributed by atoms with Crippen molar-refractivity contribution in [1.29, 1.82) is 0 Å². The maximum Gasteiger partial charge on any atom is 0.212 e. The Bertz CT molecular complexity index is 1050. The monoisotopic (exact) mass is 299 g/mol. The van der Waals surface area contributed by atoms with Crippen LogP contribution in [0.3, 0.4) is 0 Å². The Morgan fingerprint density at radius 2 is 1.74 bits per heavy atom. The van der Waals surface area contributed by atoms with E-state index in [1.807, 2.05) is 12.3 Å². The number of hydrogen-bond donors (Lipinski definition) is 0. The molecule has 0 N–H and O–H groups in total. The summed E-state index contributed by atoms with van der Waals surface area (Å²) in [6, 6.07) is 17.3. The summed E-state index contributed by atoms with van der Waals surface area (Å²) in [7, 11) is 2.11. The van der Waals surface area contributed by atoms with Crippen molar-refractivity contribution < 1.29 is 4.57 Å². The second kappa shape index (κ2) is 5.17. The number of fused-ring (bicyclic) bond motifs is 3. The normalized spacial score (nSPS) is 11.3. The fraction of sp³-hybridized carbons (Fsp3) is 0.143. The van der Waals surface area contributed by atoms with Crippen molar-refractivity contribution >= 4 is 21.7 Å². The number of benzene rings is 2. The first-order chi connectivity index (χ1) is 11.1. The summed E-state index contributed by atoms with van der Waals surface area (Å²) in [5, 5.41) is 3.66. The lowest BCUT2D eigenvalue weighted by Gasteiger charge is -2.09. The Labute approximate surface area is 136 Å². The van der Waals surface area contributed by atoms with Crippen LogP contribution in [0.15, 0.2) is 60.9 Å². The highest BCUT2D eigenvalue weighted by Gasteiger charge is 2.14. The van der Waals surface area contributed by atoms with E-state index in [2.05, 4.69) is 79.1 Å². The van der Waals surface area contributed by atoms with Gasteiger partial charge in [0.15, 0.2) is 6.20 Å². The molecule has 0 saturated carbocycles. The van der Waals surface area contributed by atoms with Gasteiger partial charge in [-0.3, -0.25) is 4.98 Å². The molecule has 0 atom stereocenters. The second-order valence-corrected chi connectivity index (χ2v) is 6.23. The predicted octanol–water partition coefficient (Wildman–Crippen LogP) is 4.50. The van der Waals surface area contributed by atoms with Crippen LogP contribution < -0.4 is 4.57 Å². The van der Waals surface area contributed by atoms with Crippen LogP contribution in [0.25, 0.3) is 32.9 Å². The van der Waals surface area contributed by atoms with Crippen molar-refractivity contribution in [2.24, 2.45) is 7.05 Å². The van der Waals surface area contributed by atoms with Crippen LogP contribution in [0.2, 0.25) is 0 Å². The summed E-state index contributed by atoms with van der Waals surface area (Å²) in [6.07, 6.45) is 4.15. The third-order valence-electron chi connectivity index (χ3n) is 4.49. The van der Waals surface area contributed by atoms with Crippen molar-refractivity contribution in [3.05, 3.63) is 72.1 Å². The quantitative estimate of drug-likeness (QED) is 0.373. The van der Waals surface area contributed by atoms with E-state index < -0.39 is 0 Å². The highest BCUT2D eigenvalue weighted by Crippen LogP contribution is 2.30. The predicted molar refractivity (Wildman–Crippen MR) is 95.3 cm³/mol. The van der Waals surface area contributed by atoms with Crippen molar-refractivity contribution in [2.45, 2.75) is 13.8 Å². The minimum Gasteiger partial charge on any atom is -0.256 e. The molecule has 4 aromatic rings. The highest BCUT2D eigenvalue weighted by atomic mass is 14.9.